The number of ether oxygens (including phenoxy) is 4. The normalized spacial score (nSPS) is 24.6. The standard InChI is InChI=1S/C27H29NO11.C25H28N2O5/c1-10-22(31)13(28)6-17(38-10)39-15-8-27(36,16(30)9-29)7-12-19(15)26(35)21-20(24(12)33)23(32)11-4-3-5-14(37-2)18(11)25(21)34;1-15(2)22(23(28)27-13-7-12-21(27)24(29)30)26-25(31)32-14-20-18-10-5-3-8-16(18)17-9-4-6-11-19(17)20/h3-5,10,13,15,17,22,29,31,33,35-36H,6-9,28H2,1-2H3;3-6,8-11,15,20-22H,7,12-14H2,1-2H3,(H,26,31)(H,29,30)/t10-,13-,15-,17-,22+,27-;21-,22-/m00/s1. The van der Waals surface area contributed by atoms with Crippen LogP contribution in [-0.4, -0.2) is 140 Å². The number of nitrogens with zero attached hydrogens (tertiary/aromatic N) is 1. The number of aromatic hydroxyl groups is 2. The van der Waals surface area contributed by atoms with Crippen LogP contribution in [0.5, 0.6) is 17.2 Å². The smallest absolute Gasteiger partial charge is 0.407 e. The summed E-state index contributed by atoms with van der Waals surface area (Å²) in [4.78, 5) is 78.2. The van der Waals surface area contributed by atoms with Gasteiger partial charge in [-0.2, -0.15) is 0 Å². The van der Waals surface area contributed by atoms with Gasteiger partial charge in [-0.15, -0.1) is 0 Å². The predicted octanol–water partition coefficient (Wildman–Crippen LogP) is 3.63. The lowest BCUT2D eigenvalue weighted by Gasteiger charge is -2.42. The van der Waals surface area contributed by atoms with Gasteiger partial charge in [0.2, 0.25) is 11.7 Å². The zero-order valence-electron chi connectivity index (χ0n) is 39.5. The molecule has 0 bridgehead atoms. The van der Waals surface area contributed by atoms with Gasteiger partial charge in [-0.05, 0) is 54.0 Å². The third-order valence-corrected chi connectivity index (χ3v) is 14.2. The molecule has 8 atom stereocenters. The Bertz CT molecular complexity index is 2740. The van der Waals surface area contributed by atoms with Crippen LogP contribution in [0.1, 0.15) is 113 Å². The Morgan fingerprint density at radius 3 is 2.15 bits per heavy atom. The van der Waals surface area contributed by atoms with Crippen molar-refractivity contribution in [2.75, 3.05) is 26.9 Å². The first-order chi connectivity index (χ1) is 33.8. The van der Waals surface area contributed by atoms with Crippen LogP contribution in [-0.2, 0) is 35.0 Å². The topological polar surface area (TPSA) is 302 Å². The Morgan fingerprint density at radius 1 is 0.915 bits per heavy atom. The van der Waals surface area contributed by atoms with Crippen molar-refractivity contribution in [1.82, 2.24) is 10.2 Å². The van der Waals surface area contributed by atoms with Crippen molar-refractivity contribution in [3.8, 4) is 28.4 Å². The molecule has 19 heteroatoms. The molecule has 9 rings (SSSR count). The maximum atomic E-state index is 13.6. The molecule has 3 aliphatic carbocycles. The number of phenols is 2. The summed E-state index contributed by atoms with van der Waals surface area (Å²) in [6.45, 7) is 4.73. The minimum Gasteiger partial charge on any atom is -0.507 e. The second kappa shape index (κ2) is 20.2. The van der Waals surface area contributed by atoms with Crippen molar-refractivity contribution in [1.29, 1.82) is 0 Å². The van der Waals surface area contributed by atoms with Gasteiger partial charge < -0.3 is 65.5 Å². The van der Waals surface area contributed by atoms with E-state index >= 15 is 0 Å². The Kier molecular flexibility index (Phi) is 14.4. The van der Waals surface area contributed by atoms with Crippen molar-refractivity contribution < 1.29 is 78.4 Å². The van der Waals surface area contributed by atoms with Crippen molar-refractivity contribution in [2.45, 2.75) is 107 Å². The number of rotatable bonds is 11. The number of hydrogen-bond acceptors (Lipinski definition) is 16. The lowest BCUT2D eigenvalue weighted by atomic mass is 9.72. The number of nitrogens with one attached hydrogen (secondary N) is 1. The second-order valence-electron chi connectivity index (χ2n) is 18.9. The second-order valence-corrected chi connectivity index (χ2v) is 18.9. The van der Waals surface area contributed by atoms with Crippen molar-refractivity contribution >= 4 is 35.3 Å². The maximum Gasteiger partial charge on any atom is 0.407 e. The molecule has 0 aromatic heterocycles. The third-order valence-electron chi connectivity index (χ3n) is 14.2. The fourth-order valence-corrected chi connectivity index (χ4v) is 10.5. The average molecular weight is 980 g/mol. The number of methoxy groups -OCH3 is 1. The SMILES string of the molecule is CC(C)[C@H](NC(=O)OCC1c2ccccc2-c2ccccc21)C(=O)N1CCC[C@H]1C(=O)O.COc1cccc2c1C(=O)c1c(O)c3c(c(O)c1C2=O)C[C@@](O)(C(=O)CO)C[C@@H]3O[C@H]1C[C@H](N)[C@H](O)[C@H](C)O1. The highest BCUT2D eigenvalue weighted by Gasteiger charge is 2.50. The Balaban J connectivity index is 0.000000194. The summed E-state index contributed by atoms with van der Waals surface area (Å²) in [6.07, 6.45) is -4.73. The Hall–Kier alpha value is -6.74. The van der Waals surface area contributed by atoms with Gasteiger partial charge in [-0.1, -0.05) is 74.5 Å². The number of hydrogen-bond donors (Lipinski definition) is 8. The van der Waals surface area contributed by atoms with Crippen LogP contribution in [0.15, 0.2) is 66.7 Å². The summed E-state index contributed by atoms with van der Waals surface area (Å²) < 4.78 is 22.6. The zero-order valence-corrected chi connectivity index (χ0v) is 39.5. The molecular formula is C52H57N3O16. The van der Waals surface area contributed by atoms with Gasteiger partial charge in [0.15, 0.2) is 17.9 Å². The highest BCUT2D eigenvalue weighted by atomic mass is 16.7. The van der Waals surface area contributed by atoms with Gasteiger partial charge in [-0.25, -0.2) is 9.59 Å². The predicted molar refractivity (Wildman–Crippen MR) is 251 cm³/mol. The number of nitrogens with two attached hydrogens (primary N) is 1. The molecule has 5 aliphatic rings. The highest BCUT2D eigenvalue weighted by molar-refractivity contribution is 6.31. The molecule has 0 radical (unpaired) electrons. The number of carbonyl (C=O) groups excluding carboxylic acids is 5. The molecule has 4 aromatic rings. The summed E-state index contributed by atoms with van der Waals surface area (Å²) in [5.41, 5.74) is 6.87. The number of amides is 2. The molecule has 0 spiro atoms. The molecule has 19 nitrogen and oxygen atoms in total. The summed E-state index contributed by atoms with van der Waals surface area (Å²) in [5.74, 6) is -5.45. The van der Waals surface area contributed by atoms with Crippen LogP contribution < -0.4 is 15.8 Å². The fraction of sp³-hybridized carbons (Fsp3) is 0.423. The van der Waals surface area contributed by atoms with Crippen LogP contribution in [0.3, 0.4) is 0 Å². The van der Waals surface area contributed by atoms with E-state index in [-0.39, 0.29) is 58.8 Å². The molecule has 2 heterocycles. The quantitative estimate of drug-likeness (QED) is 0.0877. The van der Waals surface area contributed by atoms with E-state index in [4.69, 9.17) is 24.7 Å². The van der Waals surface area contributed by atoms with Crippen molar-refractivity contribution in [3.05, 3.63) is 111 Å². The summed E-state index contributed by atoms with van der Waals surface area (Å²) in [6, 6.07) is 18.1. The minimum absolute atomic E-state index is 0.0173. The molecule has 2 aliphatic heterocycles. The Morgan fingerprint density at radius 2 is 1.55 bits per heavy atom. The molecule has 2 amide bonds. The molecule has 71 heavy (non-hydrogen) atoms. The number of aliphatic carboxylic acids is 1. The monoisotopic (exact) mass is 979 g/mol. The number of ketones is 3. The fourth-order valence-electron chi connectivity index (χ4n) is 10.5. The lowest BCUT2D eigenvalue weighted by molar-refractivity contribution is -0.247. The highest BCUT2D eigenvalue weighted by Crippen LogP contribution is 2.53. The molecule has 4 aromatic carbocycles. The summed E-state index contributed by atoms with van der Waals surface area (Å²) >= 11 is 0. The average Bonchev–Trinajstić information content (AvgIpc) is 3.98. The van der Waals surface area contributed by atoms with Crippen LogP contribution in [0.2, 0.25) is 0 Å². The van der Waals surface area contributed by atoms with Gasteiger partial charge in [0, 0.05) is 54.5 Å². The van der Waals surface area contributed by atoms with Gasteiger partial charge in [0.1, 0.15) is 48.1 Å². The molecule has 2 saturated heterocycles. The van der Waals surface area contributed by atoms with Crippen LogP contribution in [0.4, 0.5) is 4.79 Å². The van der Waals surface area contributed by atoms with E-state index in [0.29, 0.717) is 19.4 Å². The number of fused-ring (bicyclic) bond motifs is 6. The number of carboxylic acids is 1. The number of benzene rings is 4. The van der Waals surface area contributed by atoms with Crippen LogP contribution in [0, 0.1) is 5.92 Å². The molecule has 0 unspecified atom stereocenters. The van der Waals surface area contributed by atoms with E-state index in [1.807, 2.05) is 50.2 Å². The van der Waals surface area contributed by atoms with Crippen LogP contribution in [0.25, 0.3) is 11.1 Å². The third kappa shape index (κ3) is 9.24. The number of phenolic OH excluding ortho intramolecular Hbond substituents is 2. The number of aliphatic hydroxyl groups excluding tert-OH is 2. The summed E-state index contributed by atoms with van der Waals surface area (Å²) in [7, 11) is 1.32. The van der Waals surface area contributed by atoms with Crippen molar-refractivity contribution in [2.24, 2.45) is 11.7 Å². The molecule has 9 N–H and O–H groups in total. The number of likely N-dealkylation sites (tertiary alicyclic amines) is 1. The van der Waals surface area contributed by atoms with Crippen LogP contribution >= 0.6 is 0 Å². The van der Waals surface area contributed by atoms with Gasteiger partial charge in [0.25, 0.3) is 0 Å². The minimum atomic E-state index is -2.24. The first-order valence-corrected chi connectivity index (χ1v) is 23.4. The summed E-state index contributed by atoms with van der Waals surface area (Å²) in [5, 5.41) is 65.8. The number of alkyl carbamates (subject to hydrolysis) is 1. The van der Waals surface area contributed by atoms with E-state index in [0.717, 1.165) is 22.3 Å². The number of carbonyl (C=O) groups is 6. The van der Waals surface area contributed by atoms with Gasteiger partial charge in [-0.3, -0.25) is 19.2 Å². The molecule has 2 fully saturated rings. The molecule has 0 saturated carbocycles. The van der Waals surface area contributed by atoms with Crippen molar-refractivity contribution in [3.63, 3.8) is 0 Å². The molecule has 376 valence electrons. The van der Waals surface area contributed by atoms with E-state index in [1.54, 1.807) is 6.92 Å². The number of Topliss-reactive ketones (excluding diaryl/α,β-unsaturated/α-hetero) is 1. The van der Waals surface area contributed by atoms with E-state index in [2.05, 4.69) is 17.4 Å². The molecular weight excluding hydrogens is 923 g/mol. The van der Waals surface area contributed by atoms with E-state index in [1.165, 1.54) is 30.2 Å². The zero-order chi connectivity index (χ0) is 51.2. The first-order valence-electron chi connectivity index (χ1n) is 23.4. The van der Waals surface area contributed by atoms with E-state index in [9.17, 15) is 59.4 Å². The maximum absolute atomic E-state index is 13.6. The largest absolute Gasteiger partial charge is 0.507 e. The Labute approximate surface area is 408 Å². The lowest BCUT2D eigenvalue weighted by Crippen LogP contribution is -2.53. The number of aliphatic hydroxyl groups is 3. The van der Waals surface area contributed by atoms with Gasteiger partial charge in [0.05, 0.1) is 42.1 Å². The first kappa shape index (κ1) is 50.6. The van der Waals surface area contributed by atoms with E-state index < -0.39 is 120 Å². The van der Waals surface area contributed by atoms with Gasteiger partial charge >= 0.3 is 12.1 Å². The number of carboxylic acid groups (broad SMARTS) is 1.